The van der Waals surface area contributed by atoms with Gasteiger partial charge in [-0.15, -0.1) is 0 Å². The lowest BCUT2D eigenvalue weighted by Gasteiger charge is -2.24. The van der Waals surface area contributed by atoms with Crippen LogP contribution >= 0.6 is 0 Å². The molecule has 0 aliphatic heterocycles. The van der Waals surface area contributed by atoms with E-state index in [2.05, 4.69) is 0 Å². The molecule has 0 N–H and O–H groups in total. The molecule has 0 aliphatic carbocycles. The first-order valence-corrected chi connectivity index (χ1v) is 20.8. The van der Waals surface area contributed by atoms with Crippen LogP contribution in [0.2, 0.25) is 0 Å². The summed E-state index contributed by atoms with van der Waals surface area (Å²) in [5, 5.41) is 5.22. The molecule has 9 aromatic carbocycles. The topological polar surface area (TPSA) is 89.5 Å². The molecule has 0 saturated heterocycles. The molecule has 0 heterocycles. The van der Waals surface area contributed by atoms with Crippen molar-refractivity contribution in [2.24, 2.45) is 11.8 Å². The highest BCUT2D eigenvalue weighted by molar-refractivity contribution is 6.39. The average Bonchev–Trinajstić information content (AvgIpc) is 3.28. The molecule has 9 rings (SSSR count). The van der Waals surface area contributed by atoms with Gasteiger partial charge >= 0.3 is 11.9 Å². The number of benzene rings is 9. The molecule has 62 heavy (non-hydrogen) atoms. The average molecular weight is 821 g/mol. The van der Waals surface area contributed by atoms with Crippen LogP contribution in [0.15, 0.2) is 158 Å². The smallest absolute Gasteiger partial charge is 0.338 e. The molecule has 0 unspecified atom stereocenters. The van der Waals surface area contributed by atoms with Crippen molar-refractivity contribution >= 4 is 55.0 Å². The van der Waals surface area contributed by atoms with E-state index in [1.807, 2.05) is 173 Å². The zero-order chi connectivity index (χ0) is 42.7. The normalized spacial score (nSPS) is 11.5. The molecule has 0 aromatic heterocycles. The van der Waals surface area contributed by atoms with Gasteiger partial charge in [0.2, 0.25) is 0 Å². The van der Waals surface area contributed by atoms with E-state index >= 15 is 0 Å². The van der Waals surface area contributed by atoms with E-state index in [1.54, 1.807) is 12.1 Å². The maximum absolute atomic E-state index is 14.3. The standard InChI is InChI=1S/C54H44O8/c1-33(2)31-57-53(55)41-27-25-39-48-44(60-36-19-11-6-12-20-36)30-46(62-38-23-15-8-16-24-38)50-42(54(56)58-32-34(3)4)28-26-40(52(48)50)47-43(59-35-17-9-5-10-18-35)29-45(49(41)51(39)47)61-37-21-13-7-14-22-37/h5-30,33-34H,31-32H2,1-4H3. The minimum atomic E-state index is -0.489. The Morgan fingerprint density at radius 1 is 0.371 bits per heavy atom. The minimum absolute atomic E-state index is 0.112. The fourth-order valence-electron chi connectivity index (χ4n) is 7.73. The van der Waals surface area contributed by atoms with Crippen molar-refractivity contribution in [2.75, 3.05) is 13.2 Å². The summed E-state index contributed by atoms with van der Waals surface area (Å²) in [6.45, 7) is 8.45. The lowest BCUT2D eigenvalue weighted by atomic mass is 9.85. The number of ether oxygens (including phenoxy) is 6. The largest absolute Gasteiger partial charge is 0.462 e. The molecular formula is C54H44O8. The molecule has 0 atom stereocenters. The summed E-state index contributed by atoms with van der Waals surface area (Å²) in [7, 11) is 0. The van der Waals surface area contributed by atoms with Gasteiger partial charge in [0.15, 0.2) is 0 Å². The molecule has 8 heteroatoms. The summed E-state index contributed by atoms with van der Waals surface area (Å²) in [5.41, 5.74) is 0.650. The van der Waals surface area contributed by atoms with Crippen molar-refractivity contribution < 1.29 is 38.0 Å². The van der Waals surface area contributed by atoms with Gasteiger partial charge in [-0.3, -0.25) is 0 Å². The third-order valence-corrected chi connectivity index (χ3v) is 10.4. The Hall–Kier alpha value is -7.58. The van der Waals surface area contributed by atoms with E-state index in [9.17, 15) is 9.59 Å². The molecule has 0 radical (unpaired) electrons. The number of carbonyl (C=O) groups excluding carboxylic acids is 2. The Morgan fingerprint density at radius 3 is 0.952 bits per heavy atom. The van der Waals surface area contributed by atoms with Gasteiger partial charge in [-0.2, -0.15) is 0 Å². The molecule has 8 nitrogen and oxygen atoms in total. The van der Waals surface area contributed by atoms with Crippen LogP contribution in [0.5, 0.6) is 46.0 Å². The van der Waals surface area contributed by atoms with Crippen molar-refractivity contribution in [1.82, 2.24) is 0 Å². The molecular weight excluding hydrogens is 777 g/mol. The minimum Gasteiger partial charge on any atom is -0.462 e. The van der Waals surface area contributed by atoms with E-state index in [1.165, 1.54) is 0 Å². The van der Waals surface area contributed by atoms with Gasteiger partial charge in [0.05, 0.1) is 24.3 Å². The van der Waals surface area contributed by atoms with Crippen LogP contribution in [0.4, 0.5) is 0 Å². The summed E-state index contributed by atoms with van der Waals surface area (Å²) in [4.78, 5) is 28.5. The fourth-order valence-corrected chi connectivity index (χ4v) is 7.73. The third kappa shape index (κ3) is 7.90. The summed E-state index contributed by atoms with van der Waals surface area (Å²) in [5.74, 6) is 3.27. The lowest BCUT2D eigenvalue weighted by Crippen LogP contribution is -2.12. The van der Waals surface area contributed by atoms with Gasteiger partial charge in [-0.25, -0.2) is 9.59 Å². The van der Waals surface area contributed by atoms with Gasteiger partial charge in [-0.1, -0.05) is 113 Å². The Balaban J connectivity index is 1.46. The zero-order valence-corrected chi connectivity index (χ0v) is 34.8. The lowest BCUT2D eigenvalue weighted by molar-refractivity contribution is 0.0453. The van der Waals surface area contributed by atoms with Crippen molar-refractivity contribution in [1.29, 1.82) is 0 Å². The van der Waals surface area contributed by atoms with Crippen molar-refractivity contribution in [2.45, 2.75) is 27.7 Å². The van der Waals surface area contributed by atoms with Gasteiger partial charge in [-0.05, 0) is 83.3 Å². The fraction of sp³-hybridized carbons (Fsp3) is 0.148. The number of carbonyl (C=O) groups is 2. The van der Waals surface area contributed by atoms with Gasteiger partial charge < -0.3 is 28.4 Å². The molecule has 9 aromatic rings. The maximum atomic E-state index is 14.3. The third-order valence-electron chi connectivity index (χ3n) is 10.4. The predicted octanol–water partition coefficient (Wildman–Crippen LogP) is 14.5. The van der Waals surface area contributed by atoms with E-state index in [-0.39, 0.29) is 25.0 Å². The molecule has 0 saturated carbocycles. The number of fused-ring (bicyclic) bond motifs is 2. The summed E-state index contributed by atoms with van der Waals surface area (Å²) < 4.78 is 39.0. The second-order valence-electron chi connectivity index (χ2n) is 16.0. The van der Waals surface area contributed by atoms with Crippen LogP contribution in [0.1, 0.15) is 48.4 Å². The number of hydrogen-bond donors (Lipinski definition) is 0. The van der Waals surface area contributed by atoms with Crippen LogP contribution in [-0.4, -0.2) is 25.2 Å². The molecule has 308 valence electrons. The van der Waals surface area contributed by atoms with Crippen LogP contribution in [0.3, 0.4) is 0 Å². The number of hydrogen-bond acceptors (Lipinski definition) is 8. The van der Waals surface area contributed by atoms with E-state index in [0.29, 0.717) is 100 Å². The van der Waals surface area contributed by atoms with Crippen molar-refractivity contribution in [3.63, 3.8) is 0 Å². The van der Waals surface area contributed by atoms with Crippen LogP contribution in [-0.2, 0) is 9.47 Å². The second kappa shape index (κ2) is 17.2. The van der Waals surface area contributed by atoms with Crippen LogP contribution < -0.4 is 18.9 Å². The second-order valence-corrected chi connectivity index (χ2v) is 16.0. The van der Waals surface area contributed by atoms with Crippen molar-refractivity contribution in [3.8, 4) is 46.0 Å². The number of para-hydroxylation sites is 4. The highest BCUT2D eigenvalue weighted by atomic mass is 16.5. The molecule has 0 fully saturated rings. The molecule has 0 bridgehead atoms. The van der Waals surface area contributed by atoms with Gasteiger partial charge in [0.25, 0.3) is 0 Å². The summed E-state index contributed by atoms with van der Waals surface area (Å²) >= 11 is 0. The Kier molecular flexibility index (Phi) is 11.0. The Labute approximate surface area is 359 Å². The summed E-state index contributed by atoms with van der Waals surface area (Å²) in [6, 6.07) is 48.9. The SMILES string of the molecule is CC(C)COC(=O)c1ccc2c3c(Oc4ccccc4)cc(Oc4ccccc4)c4c(C(=O)OCC(C)C)ccc(c5c(Oc6ccccc6)cc(Oc6ccccc6)c1c25)c43. The Morgan fingerprint density at radius 2 is 0.661 bits per heavy atom. The van der Waals surface area contributed by atoms with Crippen LogP contribution in [0.25, 0.3) is 43.1 Å². The van der Waals surface area contributed by atoms with E-state index in [4.69, 9.17) is 28.4 Å². The number of rotatable bonds is 14. The first-order valence-electron chi connectivity index (χ1n) is 20.8. The van der Waals surface area contributed by atoms with Crippen molar-refractivity contribution in [3.05, 3.63) is 169 Å². The monoisotopic (exact) mass is 820 g/mol. The van der Waals surface area contributed by atoms with Gasteiger partial charge in [0.1, 0.15) is 46.0 Å². The van der Waals surface area contributed by atoms with E-state index < -0.39 is 11.9 Å². The Bertz CT molecular complexity index is 2830. The predicted molar refractivity (Wildman–Crippen MR) is 244 cm³/mol. The first kappa shape index (κ1) is 39.9. The maximum Gasteiger partial charge on any atom is 0.338 e. The number of esters is 2. The molecule has 0 amide bonds. The highest BCUT2D eigenvalue weighted by Gasteiger charge is 2.30. The van der Waals surface area contributed by atoms with Gasteiger partial charge in [0, 0.05) is 44.5 Å². The highest BCUT2D eigenvalue weighted by Crippen LogP contribution is 2.54. The summed E-state index contributed by atoms with van der Waals surface area (Å²) in [6.07, 6.45) is 0. The van der Waals surface area contributed by atoms with Crippen LogP contribution in [0, 0.1) is 11.8 Å². The first-order chi connectivity index (χ1) is 30.2. The molecule has 0 aliphatic rings. The van der Waals surface area contributed by atoms with E-state index in [0.717, 1.165) is 0 Å². The quantitative estimate of drug-likeness (QED) is 0.0609. The zero-order valence-electron chi connectivity index (χ0n) is 34.8. The molecule has 0 spiro atoms.